The van der Waals surface area contributed by atoms with Gasteiger partial charge in [-0.15, -0.1) is 0 Å². The Morgan fingerprint density at radius 3 is 2.82 bits per heavy atom. The van der Waals surface area contributed by atoms with Crippen LogP contribution in [0.5, 0.6) is 0 Å². The maximum Gasteiger partial charge on any atom is 0.280 e. The van der Waals surface area contributed by atoms with Gasteiger partial charge >= 0.3 is 0 Å². The van der Waals surface area contributed by atoms with Crippen molar-refractivity contribution in [2.75, 3.05) is 13.2 Å². The monoisotopic (exact) mass is 234 g/mol. The average Bonchev–Trinajstić information content (AvgIpc) is 2.56. The lowest BCUT2D eigenvalue weighted by Gasteiger charge is -2.18. The van der Waals surface area contributed by atoms with E-state index in [9.17, 15) is 9.59 Å². The summed E-state index contributed by atoms with van der Waals surface area (Å²) in [5, 5.41) is 8.82. The SMILES string of the molecule is CC(CCO)CN1C(=O)c2cccnc2C1=O. The Balaban J connectivity index is 2.19. The fourth-order valence-electron chi connectivity index (χ4n) is 1.90. The Bertz CT molecular complexity index is 424. The molecular formula is C12H14N2O3. The van der Waals surface area contributed by atoms with E-state index in [0.717, 1.165) is 0 Å². The van der Waals surface area contributed by atoms with E-state index in [2.05, 4.69) is 4.98 Å². The molecule has 0 radical (unpaired) electrons. The van der Waals surface area contributed by atoms with E-state index in [-0.39, 0.29) is 30.0 Å². The minimum atomic E-state index is -0.338. The Kier molecular flexibility index (Phi) is 3.19. The third kappa shape index (κ3) is 2.06. The molecule has 0 saturated carbocycles. The summed E-state index contributed by atoms with van der Waals surface area (Å²) in [6.07, 6.45) is 2.07. The molecule has 1 aromatic rings. The maximum absolute atomic E-state index is 11.9. The van der Waals surface area contributed by atoms with Gasteiger partial charge in [-0.3, -0.25) is 19.5 Å². The first-order chi connectivity index (χ1) is 8.15. The Hall–Kier alpha value is -1.75. The highest BCUT2D eigenvalue weighted by Crippen LogP contribution is 2.21. The molecule has 5 heteroatoms. The molecule has 2 amide bonds. The van der Waals surface area contributed by atoms with Gasteiger partial charge in [-0.05, 0) is 24.5 Å². The van der Waals surface area contributed by atoms with Gasteiger partial charge in [0.15, 0.2) is 0 Å². The van der Waals surface area contributed by atoms with Gasteiger partial charge in [0.05, 0.1) is 5.56 Å². The molecule has 17 heavy (non-hydrogen) atoms. The summed E-state index contributed by atoms with van der Waals surface area (Å²) < 4.78 is 0. The van der Waals surface area contributed by atoms with Gasteiger partial charge < -0.3 is 5.11 Å². The van der Waals surface area contributed by atoms with Crippen LogP contribution in [0.3, 0.4) is 0 Å². The number of nitrogens with zero attached hydrogens (tertiary/aromatic N) is 2. The second-order valence-corrected chi connectivity index (χ2v) is 4.24. The molecule has 0 bridgehead atoms. The number of aliphatic hydroxyl groups is 1. The van der Waals surface area contributed by atoms with Crippen molar-refractivity contribution in [2.24, 2.45) is 5.92 Å². The molecule has 0 aromatic carbocycles. The van der Waals surface area contributed by atoms with E-state index >= 15 is 0 Å². The van der Waals surface area contributed by atoms with E-state index in [1.807, 2.05) is 6.92 Å². The third-order valence-corrected chi connectivity index (χ3v) is 2.85. The lowest BCUT2D eigenvalue weighted by atomic mass is 10.1. The van der Waals surface area contributed by atoms with Crippen molar-refractivity contribution in [3.05, 3.63) is 29.6 Å². The fourth-order valence-corrected chi connectivity index (χ4v) is 1.90. The molecule has 5 nitrogen and oxygen atoms in total. The van der Waals surface area contributed by atoms with Crippen LogP contribution < -0.4 is 0 Å². The summed E-state index contributed by atoms with van der Waals surface area (Å²) in [6, 6.07) is 3.25. The predicted molar refractivity (Wildman–Crippen MR) is 60.5 cm³/mol. The number of carbonyl (C=O) groups is 2. The predicted octanol–water partition coefficient (Wildman–Crippen LogP) is 0.696. The smallest absolute Gasteiger partial charge is 0.280 e. The average molecular weight is 234 g/mol. The molecule has 1 aliphatic rings. The van der Waals surface area contributed by atoms with E-state index < -0.39 is 0 Å². The summed E-state index contributed by atoms with van der Waals surface area (Å²) >= 11 is 0. The highest BCUT2D eigenvalue weighted by atomic mass is 16.3. The van der Waals surface area contributed by atoms with Crippen molar-refractivity contribution in [1.29, 1.82) is 0 Å². The summed E-state index contributed by atoms with van der Waals surface area (Å²) in [5.41, 5.74) is 0.599. The van der Waals surface area contributed by atoms with Crippen molar-refractivity contribution >= 4 is 11.8 Å². The second-order valence-electron chi connectivity index (χ2n) is 4.24. The molecule has 0 saturated heterocycles. The number of aromatic nitrogens is 1. The van der Waals surface area contributed by atoms with Gasteiger partial charge in [0.25, 0.3) is 11.8 Å². The quantitative estimate of drug-likeness (QED) is 0.778. The summed E-state index contributed by atoms with van der Waals surface area (Å²) in [4.78, 5) is 29.0. The van der Waals surface area contributed by atoms with Crippen molar-refractivity contribution in [3.8, 4) is 0 Å². The molecule has 1 N–H and O–H groups in total. The van der Waals surface area contributed by atoms with Gasteiger partial charge in [-0.25, -0.2) is 0 Å². The first kappa shape index (κ1) is 11.7. The number of hydrogen-bond donors (Lipinski definition) is 1. The molecule has 1 unspecified atom stereocenters. The van der Waals surface area contributed by atoms with Crippen LogP contribution in [0, 0.1) is 5.92 Å². The van der Waals surface area contributed by atoms with Crippen LogP contribution in [-0.2, 0) is 0 Å². The van der Waals surface area contributed by atoms with Gasteiger partial charge in [0.1, 0.15) is 5.69 Å². The van der Waals surface area contributed by atoms with Crippen LogP contribution in [0.15, 0.2) is 18.3 Å². The van der Waals surface area contributed by atoms with Gasteiger partial charge in [-0.2, -0.15) is 0 Å². The van der Waals surface area contributed by atoms with Crippen molar-refractivity contribution in [1.82, 2.24) is 9.88 Å². The third-order valence-electron chi connectivity index (χ3n) is 2.85. The molecule has 90 valence electrons. The fraction of sp³-hybridized carbons (Fsp3) is 0.417. The number of pyridine rings is 1. The number of aliphatic hydroxyl groups excluding tert-OH is 1. The van der Waals surface area contributed by atoms with Gasteiger partial charge in [-0.1, -0.05) is 6.92 Å². The van der Waals surface area contributed by atoms with Crippen molar-refractivity contribution < 1.29 is 14.7 Å². The summed E-state index contributed by atoms with van der Waals surface area (Å²) in [7, 11) is 0. The number of carbonyl (C=O) groups excluding carboxylic acids is 2. The minimum Gasteiger partial charge on any atom is -0.396 e. The number of imide groups is 1. The topological polar surface area (TPSA) is 70.5 Å². The molecule has 0 spiro atoms. The van der Waals surface area contributed by atoms with Crippen LogP contribution in [0.4, 0.5) is 0 Å². The zero-order valence-electron chi connectivity index (χ0n) is 9.59. The maximum atomic E-state index is 11.9. The standard InChI is InChI=1S/C12H14N2O3/c1-8(4-6-15)7-14-11(16)9-3-2-5-13-10(9)12(14)17/h2-3,5,8,15H,4,6-7H2,1H3. The first-order valence-electron chi connectivity index (χ1n) is 5.57. The molecule has 1 aromatic heterocycles. The lowest BCUT2D eigenvalue weighted by molar-refractivity contribution is 0.0622. The Morgan fingerprint density at radius 2 is 2.18 bits per heavy atom. The number of rotatable bonds is 4. The minimum absolute atomic E-state index is 0.0581. The van der Waals surface area contributed by atoms with Crippen LogP contribution in [0.25, 0.3) is 0 Å². The van der Waals surface area contributed by atoms with E-state index in [1.165, 1.54) is 11.1 Å². The molecule has 0 fully saturated rings. The van der Waals surface area contributed by atoms with Crippen LogP contribution >= 0.6 is 0 Å². The molecule has 1 aliphatic heterocycles. The molecule has 2 rings (SSSR count). The van der Waals surface area contributed by atoms with E-state index in [0.29, 0.717) is 18.5 Å². The molecule has 0 aliphatic carbocycles. The first-order valence-corrected chi connectivity index (χ1v) is 5.57. The van der Waals surface area contributed by atoms with Crippen LogP contribution in [0.2, 0.25) is 0 Å². The zero-order chi connectivity index (χ0) is 12.4. The van der Waals surface area contributed by atoms with Gasteiger partial charge in [0.2, 0.25) is 0 Å². The summed E-state index contributed by atoms with van der Waals surface area (Å²) in [6.45, 7) is 2.28. The Labute approximate surface area is 99.1 Å². The normalized spacial score (nSPS) is 16.2. The van der Waals surface area contributed by atoms with Crippen LogP contribution in [-0.4, -0.2) is 40.0 Å². The molecular weight excluding hydrogens is 220 g/mol. The van der Waals surface area contributed by atoms with Crippen LogP contribution in [0.1, 0.15) is 34.2 Å². The van der Waals surface area contributed by atoms with Crippen molar-refractivity contribution in [3.63, 3.8) is 0 Å². The largest absolute Gasteiger partial charge is 0.396 e. The number of hydrogen-bond acceptors (Lipinski definition) is 4. The van der Waals surface area contributed by atoms with Gasteiger partial charge in [0, 0.05) is 19.3 Å². The second kappa shape index (κ2) is 4.63. The molecule has 1 atom stereocenters. The number of fused-ring (bicyclic) bond motifs is 1. The summed E-state index contributed by atoms with van der Waals surface area (Å²) in [5.74, 6) is -0.541. The Morgan fingerprint density at radius 1 is 1.41 bits per heavy atom. The van der Waals surface area contributed by atoms with E-state index in [1.54, 1.807) is 12.1 Å². The highest BCUT2D eigenvalue weighted by molar-refractivity contribution is 6.20. The molecule has 2 heterocycles. The lowest BCUT2D eigenvalue weighted by Crippen LogP contribution is -2.34. The van der Waals surface area contributed by atoms with Crippen molar-refractivity contribution in [2.45, 2.75) is 13.3 Å². The highest BCUT2D eigenvalue weighted by Gasteiger charge is 2.36. The number of amides is 2. The van der Waals surface area contributed by atoms with E-state index in [4.69, 9.17) is 5.11 Å². The zero-order valence-corrected chi connectivity index (χ0v) is 9.59.